The number of hydrogen-bond donors (Lipinski definition) is 1. The Morgan fingerprint density at radius 2 is 1.78 bits per heavy atom. The Morgan fingerprint density at radius 3 is 2.38 bits per heavy atom. The fourth-order valence-corrected chi connectivity index (χ4v) is 3.53. The maximum atomic E-state index is 12.4. The first-order chi connectivity index (χ1) is 15.3. The number of piperidine rings is 1. The maximum absolute atomic E-state index is 12.4. The van der Waals surface area contributed by atoms with Crippen LogP contribution in [0.4, 0.5) is 5.69 Å². The smallest absolute Gasteiger partial charge is 0.309 e. The van der Waals surface area contributed by atoms with Crippen LogP contribution in [-0.2, 0) is 14.3 Å². The van der Waals surface area contributed by atoms with E-state index in [9.17, 15) is 19.2 Å². The van der Waals surface area contributed by atoms with Crippen molar-refractivity contribution < 1.29 is 28.3 Å². The molecular formula is C24H28N2O6. The van der Waals surface area contributed by atoms with E-state index in [1.165, 1.54) is 6.26 Å². The van der Waals surface area contributed by atoms with Gasteiger partial charge in [-0.05, 0) is 55.2 Å². The fraction of sp³-hybridized carbons (Fsp3) is 0.417. The highest BCUT2D eigenvalue weighted by molar-refractivity contribution is 5.99. The Balaban J connectivity index is 1.42. The molecule has 0 spiro atoms. The molecule has 0 saturated carbocycles. The monoisotopic (exact) mass is 440 g/mol. The molecule has 0 atom stereocenters. The molecule has 0 unspecified atom stereocenters. The van der Waals surface area contributed by atoms with E-state index >= 15 is 0 Å². The van der Waals surface area contributed by atoms with Gasteiger partial charge in [0.05, 0.1) is 12.2 Å². The normalized spacial score (nSPS) is 14.3. The van der Waals surface area contributed by atoms with Gasteiger partial charge < -0.3 is 19.4 Å². The quantitative estimate of drug-likeness (QED) is 0.497. The molecular weight excluding hydrogens is 412 g/mol. The Kier molecular flexibility index (Phi) is 7.81. The van der Waals surface area contributed by atoms with Crippen LogP contribution in [0.5, 0.6) is 0 Å². The van der Waals surface area contributed by atoms with Crippen LogP contribution < -0.4 is 5.32 Å². The third-order valence-electron chi connectivity index (χ3n) is 5.28. The molecule has 8 nitrogen and oxygen atoms in total. The van der Waals surface area contributed by atoms with Gasteiger partial charge in [-0.1, -0.05) is 13.8 Å². The number of nitrogens with one attached hydrogen (secondary N) is 1. The van der Waals surface area contributed by atoms with E-state index in [-0.39, 0.29) is 41.8 Å². The third kappa shape index (κ3) is 6.29. The van der Waals surface area contributed by atoms with Gasteiger partial charge in [0.2, 0.25) is 5.91 Å². The van der Waals surface area contributed by atoms with Crippen LogP contribution in [-0.4, -0.2) is 48.2 Å². The number of Topliss-reactive ketones (excluding diaryl/α,β-unsaturated/α-hetero) is 1. The highest BCUT2D eigenvalue weighted by Crippen LogP contribution is 2.21. The van der Waals surface area contributed by atoms with Crippen LogP contribution in [0.3, 0.4) is 0 Å². The summed E-state index contributed by atoms with van der Waals surface area (Å²) in [5.74, 6) is -0.825. The fourth-order valence-electron chi connectivity index (χ4n) is 3.53. The molecule has 0 radical (unpaired) electrons. The number of anilines is 1. The number of carbonyl (C=O) groups is 4. The Hall–Kier alpha value is -3.42. The number of rotatable bonds is 8. The lowest BCUT2D eigenvalue weighted by Gasteiger charge is -2.30. The number of esters is 1. The number of carbonyl (C=O) groups excluding carboxylic acids is 4. The van der Waals surface area contributed by atoms with Crippen molar-refractivity contribution in [2.24, 2.45) is 11.8 Å². The number of ketones is 1. The number of amides is 2. The molecule has 1 aliphatic heterocycles. The topological polar surface area (TPSA) is 106 Å². The lowest BCUT2D eigenvalue weighted by Crippen LogP contribution is -2.40. The standard InChI is InChI=1S/C24H28N2O6/c1-16(2)14-22(28)25-19-7-5-17(6-8-19)20(27)15-32-24(30)18-9-11-26(12-10-18)23(29)21-4-3-13-31-21/h3-8,13,16,18H,9-12,14-15H2,1-2H3,(H,25,28). The zero-order valence-electron chi connectivity index (χ0n) is 18.3. The second-order valence-electron chi connectivity index (χ2n) is 8.30. The molecule has 1 aromatic heterocycles. The van der Waals surface area contributed by atoms with E-state index in [4.69, 9.17) is 9.15 Å². The molecule has 2 heterocycles. The number of nitrogens with zero attached hydrogens (tertiary/aromatic N) is 1. The minimum atomic E-state index is -0.430. The second kappa shape index (κ2) is 10.7. The molecule has 0 bridgehead atoms. The van der Waals surface area contributed by atoms with Gasteiger partial charge in [0.15, 0.2) is 18.2 Å². The molecule has 2 amide bonds. The third-order valence-corrected chi connectivity index (χ3v) is 5.28. The Bertz CT molecular complexity index is 941. The molecule has 0 aliphatic carbocycles. The summed E-state index contributed by atoms with van der Waals surface area (Å²) in [5.41, 5.74) is 1.01. The number of hydrogen-bond acceptors (Lipinski definition) is 6. The summed E-state index contributed by atoms with van der Waals surface area (Å²) in [7, 11) is 0. The first-order valence-electron chi connectivity index (χ1n) is 10.8. The van der Waals surface area contributed by atoms with Crippen LogP contribution in [0.1, 0.15) is 54.0 Å². The molecule has 1 aliphatic rings. The molecule has 2 aromatic rings. The predicted octanol–water partition coefficient (Wildman–Crippen LogP) is 3.54. The minimum absolute atomic E-state index is 0.0788. The van der Waals surface area contributed by atoms with Gasteiger partial charge in [-0.15, -0.1) is 0 Å². The second-order valence-corrected chi connectivity index (χ2v) is 8.30. The summed E-state index contributed by atoms with van der Waals surface area (Å²) < 4.78 is 10.4. The molecule has 1 N–H and O–H groups in total. The van der Waals surface area contributed by atoms with Crippen molar-refractivity contribution >= 4 is 29.3 Å². The average Bonchev–Trinajstić information content (AvgIpc) is 3.32. The van der Waals surface area contributed by atoms with Crippen LogP contribution >= 0.6 is 0 Å². The zero-order chi connectivity index (χ0) is 23.1. The van der Waals surface area contributed by atoms with E-state index in [1.54, 1.807) is 41.3 Å². The van der Waals surface area contributed by atoms with E-state index in [2.05, 4.69) is 5.32 Å². The summed E-state index contributed by atoms with van der Waals surface area (Å²) in [4.78, 5) is 50.5. The zero-order valence-corrected chi connectivity index (χ0v) is 18.3. The van der Waals surface area contributed by atoms with E-state index in [0.29, 0.717) is 43.6 Å². The Labute approximate surface area is 186 Å². The van der Waals surface area contributed by atoms with Crippen LogP contribution in [0.2, 0.25) is 0 Å². The van der Waals surface area contributed by atoms with Crippen molar-refractivity contribution in [3.63, 3.8) is 0 Å². The summed E-state index contributed by atoms with van der Waals surface area (Å²) in [6.45, 7) is 4.44. The minimum Gasteiger partial charge on any atom is -0.459 e. The highest BCUT2D eigenvalue weighted by atomic mass is 16.5. The van der Waals surface area contributed by atoms with Gasteiger partial charge in [0.25, 0.3) is 5.91 Å². The van der Waals surface area contributed by atoms with E-state index < -0.39 is 5.97 Å². The highest BCUT2D eigenvalue weighted by Gasteiger charge is 2.30. The van der Waals surface area contributed by atoms with Crippen LogP contribution in [0, 0.1) is 11.8 Å². The molecule has 1 aromatic carbocycles. The van der Waals surface area contributed by atoms with Crippen LogP contribution in [0.15, 0.2) is 47.1 Å². The van der Waals surface area contributed by atoms with Gasteiger partial charge in [-0.25, -0.2) is 0 Å². The first-order valence-corrected chi connectivity index (χ1v) is 10.8. The van der Waals surface area contributed by atoms with Crippen molar-refractivity contribution in [2.45, 2.75) is 33.1 Å². The maximum Gasteiger partial charge on any atom is 0.309 e. The van der Waals surface area contributed by atoms with Crippen molar-refractivity contribution in [1.29, 1.82) is 0 Å². The molecule has 170 valence electrons. The van der Waals surface area contributed by atoms with E-state index in [0.717, 1.165) is 0 Å². The molecule has 32 heavy (non-hydrogen) atoms. The lowest BCUT2D eigenvalue weighted by atomic mass is 9.97. The largest absolute Gasteiger partial charge is 0.459 e. The van der Waals surface area contributed by atoms with Gasteiger partial charge in [0.1, 0.15) is 0 Å². The van der Waals surface area contributed by atoms with Gasteiger partial charge in [0, 0.05) is 30.8 Å². The number of likely N-dealkylation sites (tertiary alicyclic amines) is 1. The van der Waals surface area contributed by atoms with Crippen molar-refractivity contribution in [3.8, 4) is 0 Å². The van der Waals surface area contributed by atoms with Crippen LogP contribution in [0.25, 0.3) is 0 Å². The predicted molar refractivity (Wildman–Crippen MR) is 117 cm³/mol. The SMILES string of the molecule is CC(C)CC(=O)Nc1ccc(C(=O)COC(=O)C2CCN(C(=O)c3ccco3)CC2)cc1. The van der Waals surface area contributed by atoms with Crippen molar-refractivity contribution in [1.82, 2.24) is 4.90 Å². The number of benzene rings is 1. The van der Waals surface area contributed by atoms with Gasteiger partial charge >= 0.3 is 5.97 Å². The van der Waals surface area contributed by atoms with E-state index in [1.807, 2.05) is 13.8 Å². The number of ether oxygens (including phenoxy) is 1. The lowest BCUT2D eigenvalue weighted by molar-refractivity contribution is -0.148. The molecule has 3 rings (SSSR count). The summed E-state index contributed by atoms with van der Waals surface area (Å²) in [6, 6.07) is 9.77. The number of furan rings is 1. The molecule has 8 heteroatoms. The Morgan fingerprint density at radius 1 is 1.09 bits per heavy atom. The van der Waals surface area contributed by atoms with Gasteiger partial charge in [-0.3, -0.25) is 19.2 Å². The summed E-state index contributed by atoms with van der Waals surface area (Å²) >= 11 is 0. The summed E-state index contributed by atoms with van der Waals surface area (Å²) in [5, 5.41) is 2.78. The first kappa shape index (κ1) is 23.2. The molecule has 1 fully saturated rings. The summed E-state index contributed by atoms with van der Waals surface area (Å²) in [6.07, 6.45) is 2.83. The van der Waals surface area contributed by atoms with Crippen molar-refractivity contribution in [3.05, 3.63) is 54.0 Å². The molecule has 1 saturated heterocycles. The van der Waals surface area contributed by atoms with Crippen molar-refractivity contribution in [2.75, 3.05) is 25.0 Å². The van der Waals surface area contributed by atoms with Gasteiger partial charge in [-0.2, -0.15) is 0 Å². The average molecular weight is 440 g/mol.